The number of hydrogen-bond acceptors (Lipinski definition) is 5. The summed E-state index contributed by atoms with van der Waals surface area (Å²) in [5, 5.41) is 5.56. The van der Waals surface area contributed by atoms with E-state index in [1.807, 2.05) is 25.1 Å². The van der Waals surface area contributed by atoms with Gasteiger partial charge in [-0.3, -0.25) is 14.7 Å². The average molecular weight is 377 g/mol. The van der Waals surface area contributed by atoms with Crippen LogP contribution >= 0.6 is 0 Å². The van der Waals surface area contributed by atoms with Crippen LogP contribution in [0.25, 0.3) is 0 Å². The predicted molar refractivity (Wildman–Crippen MR) is 106 cm³/mol. The van der Waals surface area contributed by atoms with Gasteiger partial charge in [0.15, 0.2) is 0 Å². The number of carbonyl (C=O) groups excluding carboxylic acids is 2. The highest BCUT2D eigenvalue weighted by atomic mass is 16.2. The molecule has 2 rings (SSSR count). The number of rotatable bonds is 8. The molecule has 1 aromatic heterocycles. The van der Waals surface area contributed by atoms with Gasteiger partial charge >= 0.3 is 6.03 Å². The predicted octanol–water partition coefficient (Wildman–Crippen LogP) is 0.0176. The highest BCUT2D eigenvalue weighted by Gasteiger charge is 2.17. The maximum Gasteiger partial charge on any atom is 0.315 e. The Morgan fingerprint density at radius 3 is 2.67 bits per heavy atom. The monoisotopic (exact) mass is 376 g/mol. The fourth-order valence-electron chi connectivity index (χ4n) is 2.98. The van der Waals surface area contributed by atoms with Gasteiger partial charge in [-0.2, -0.15) is 0 Å². The van der Waals surface area contributed by atoms with Crippen molar-refractivity contribution in [1.82, 2.24) is 30.3 Å². The van der Waals surface area contributed by atoms with Crippen LogP contribution in [0.2, 0.25) is 0 Å². The second kappa shape index (κ2) is 10.8. The Bertz CT molecular complexity index is 589. The van der Waals surface area contributed by atoms with E-state index in [1.54, 1.807) is 18.1 Å². The van der Waals surface area contributed by atoms with Gasteiger partial charge in [0.25, 0.3) is 0 Å². The van der Waals surface area contributed by atoms with Crippen molar-refractivity contribution in [2.24, 2.45) is 0 Å². The molecule has 150 valence electrons. The number of piperazine rings is 1. The van der Waals surface area contributed by atoms with Crippen molar-refractivity contribution in [1.29, 1.82) is 0 Å². The maximum atomic E-state index is 12.2. The summed E-state index contributed by atoms with van der Waals surface area (Å²) in [7, 11) is 3.86. The van der Waals surface area contributed by atoms with E-state index in [0.29, 0.717) is 13.0 Å². The van der Waals surface area contributed by atoms with Gasteiger partial charge in [-0.15, -0.1) is 0 Å². The van der Waals surface area contributed by atoms with E-state index < -0.39 is 0 Å². The zero-order valence-corrected chi connectivity index (χ0v) is 16.6. The molecule has 1 fully saturated rings. The lowest BCUT2D eigenvalue weighted by molar-refractivity contribution is -0.128. The van der Waals surface area contributed by atoms with Crippen LogP contribution in [-0.2, 0) is 11.2 Å². The van der Waals surface area contributed by atoms with Gasteiger partial charge < -0.3 is 20.4 Å². The molecule has 1 aliphatic rings. The minimum absolute atomic E-state index is 0.00815. The molecule has 0 spiro atoms. The molecule has 3 amide bonds. The van der Waals surface area contributed by atoms with Gasteiger partial charge in [0.05, 0.1) is 6.54 Å². The first-order valence-corrected chi connectivity index (χ1v) is 9.53. The largest absolute Gasteiger partial charge is 0.344 e. The average Bonchev–Trinajstić information content (AvgIpc) is 2.66. The van der Waals surface area contributed by atoms with Crippen molar-refractivity contribution in [3.8, 4) is 0 Å². The normalized spacial score (nSPS) is 16.6. The molecule has 0 bridgehead atoms. The van der Waals surface area contributed by atoms with E-state index >= 15 is 0 Å². The maximum absolute atomic E-state index is 12.2. The lowest BCUT2D eigenvalue weighted by Crippen LogP contribution is -2.52. The van der Waals surface area contributed by atoms with Gasteiger partial charge in [0.1, 0.15) is 0 Å². The summed E-state index contributed by atoms with van der Waals surface area (Å²) in [5.74, 6) is -0.118. The minimum atomic E-state index is -0.303. The molecule has 2 heterocycles. The van der Waals surface area contributed by atoms with Crippen LogP contribution < -0.4 is 10.6 Å². The number of amides is 3. The molecule has 1 aromatic rings. The zero-order valence-electron chi connectivity index (χ0n) is 16.6. The van der Waals surface area contributed by atoms with E-state index in [-0.39, 0.29) is 24.5 Å². The summed E-state index contributed by atoms with van der Waals surface area (Å²) in [6, 6.07) is 5.46. The number of pyridine rings is 1. The molecule has 8 heteroatoms. The molecule has 1 aliphatic heterocycles. The summed E-state index contributed by atoms with van der Waals surface area (Å²) in [6.45, 7) is 7.51. The van der Waals surface area contributed by atoms with Crippen LogP contribution in [-0.4, -0.2) is 97.6 Å². The SMILES string of the molecule is CC(CN1CCN(C)CC1)NC(=O)NCC(=O)N(C)CCc1ccccn1. The third kappa shape index (κ3) is 7.92. The van der Waals surface area contributed by atoms with Crippen LogP contribution in [0.15, 0.2) is 24.4 Å². The van der Waals surface area contributed by atoms with E-state index in [9.17, 15) is 9.59 Å². The fourth-order valence-corrected chi connectivity index (χ4v) is 2.98. The number of carbonyl (C=O) groups is 2. The molecule has 0 radical (unpaired) electrons. The molecule has 1 unspecified atom stereocenters. The van der Waals surface area contributed by atoms with Crippen molar-refractivity contribution in [2.75, 3.05) is 59.9 Å². The van der Waals surface area contributed by atoms with Crippen molar-refractivity contribution >= 4 is 11.9 Å². The lowest BCUT2D eigenvalue weighted by Gasteiger charge is -2.34. The van der Waals surface area contributed by atoms with Gasteiger partial charge in [0.2, 0.25) is 5.91 Å². The Morgan fingerprint density at radius 1 is 1.26 bits per heavy atom. The molecule has 8 nitrogen and oxygen atoms in total. The molecule has 27 heavy (non-hydrogen) atoms. The highest BCUT2D eigenvalue weighted by molar-refractivity contribution is 5.83. The van der Waals surface area contributed by atoms with E-state index in [2.05, 4.69) is 32.5 Å². The minimum Gasteiger partial charge on any atom is -0.344 e. The van der Waals surface area contributed by atoms with Crippen molar-refractivity contribution in [3.63, 3.8) is 0 Å². The second-order valence-corrected chi connectivity index (χ2v) is 7.22. The Balaban J connectivity index is 1.61. The van der Waals surface area contributed by atoms with Gasteiger partial charge in [-0.25, -0.2) is 4.79 Å². The van der Waals surface area contributed by atoms with Crippen LogP contribution in [0.1, 0.15) is 12.6 Å². The fraction of sp³-hybridized carbons (Fsp3) is 0.632. The summed E-state index contributed by atoms with van der Waals surface area (Å²) in [6.07, 6.45) is 2.43. The first-order valence-electron chi connectivity index (χ1n) is 9.53. The molecule has 0 aromatic carbocycles. The summed E-state index contributed by atoms with van der Waals surface area (Å²) < 4.78 is 0. The number of likely N-dealkylation sites (N-methyl/N-ethyl adjacent to an activating group) is 2. The number of hydrogen-bond donors (Lipinski definition) is 2. The van der Waals surface area contributed by atoms with E-state index in [1.165, 1.54) is 0 Å². The molecular formula is C19H32N6O2. The standard InChI is InChI=1S/C19H32N6O2/c1-16(15-25-12-10-23(2)11-13-25)22-19(27)21-14-18(26)24(3)9-7-17-6-4-5-8-20-17/h4-6,8,16H,7,9-15H2,1-3H3,(H2,21,22,27). The first-order chi connectivity index (χ1) is 12.9. The Morgan fingerprint density at radius 2 is 2.00 bits per heavy atom. The van der Waals surface area contributed by atoms with Gasteiger partial charge in [-0.1, -0.05) is 6.07 Å². The molecular weight excluding hydrogens is 344 g/mol. The molecule has 2 N–H and O–H groups in total. The van der Waals surface area contributed by atoms with Crippen LogP contribution in [0, 0.1) is 0 Å². The molecule has 0 saturated carbocycles. The van der Waals surface area contributed by atoms with Crippen molar-refractivity contribution in [2.45, 2.75) is 19.4 Å². The number of urea groups is 1. The van der Waals surface area contributed by atoms with Gasteiger partial charge in [0, 0.05) is 70.7 Å². The van der Waals surface area contributed by atoms with Crippen LogP contribution in [0.5, 0.6) is 0 Å². The quantitative estimate of drug-likeness (QED) is 0.669. The Kier molecular flexibility index (Phi) is 8.47. The first kappa shape index (κ1) is 21.1. The molecule has 1 saturated heterocycles. The molecule has 1 atom stereocenters. The summed E-state index contributed by atoms with van der Waals surface area (Å²) in [4.78, 5) is 34.7. The van der Waals surface area contributed by atoms with E-state index in [4.69, 9.17) is 0 Å². The van der Waals surface area contributed by atoms with Gasteiger partial charge in [-0.05, 0) is 26.1 Å². The van der Waals surface area contributed by atoms with Crippen molar-refractivity contribution < 1.29 is 9.59 Å². The third-order valence-corrected chi connectivity index (χ3v) is 4.76. The lowest BCUT2D eigenvalue weighted by atomic mass is 10.2. The number of nitrogens with one attached hydrogen (secondary N) is 2. The Hall–Kier alpha value is -2.19. The molecule has 0 aliphatic carbocycles. The smallest absolute Gasteiger partial charge is 0.315 e. The highest BCUT2D eigenvalue weighted by Crippen LogP contribution is 2.00. The van der Waals surface area contributed by atoms with E-state index in [0.717, 1.165) is 38.4 Å². The third-order valence-electron chi connectivity index (χ3n) is 4.76. The zero-order chi connectivity index (χ0) is 19.6. The topological polar surface area (TPSA) is 80.8 Å². The summed E-state index contributed by atoms with van der Waals surface area (Å²) in [5.41, 5.74) is 0.945. The van der Waals surface area contributed by atoms with Crippen molar-refractivity contribution in [3.05, 3.63) is 30.1 Å². The summed E-state index contributed by atoms with van der Waals surface area (Å²) >= 11 is 0. The number of nitrogens with zero attached hydrogens (tertiary/aromatic N) is 4. The second-order valence-electron chi connectivity index (χ2n) is 7.22. The van der Waals surface area contributed by atoms with Crippen LogP contribution in [0.4, 0.5) is 4.79 Å². The number of aromatic nitrogens is 1. The van der Waals surface area contributed by atoms with Crippen LogP contribution in [0.3, 0.4) is 0 Å². The Labute approximate surface area is 161 Å².